The molecule has 1 heterocycles. The Kier molecular flexibility index (Phi) is 2.44. The van der Waals surface area contributed by atoms with Crippen molar-refractivity contribution in [2.45, 2.75) is 6.92 Å². The molecule has 2 aromatic rings. The summed E-state index contributed by atoms with van der Waals surface area (Å²) in [5, 5.41) is 7.43. The maximum absolute atomic E-state index is 11.6. The van der Waals surface area contributed by atoms with Crippen molar-refractivity contribution in [2.24, 2.45) is 7.05 Å². The molecule has 0 aliphatic heterocycles. The van der Waals surface area contributed by atoms with E-state index in [1.807, 2.05) is 25.1 Å². The second-order valence-corrected chi connectivity index (χ2v) is 4.00. The number of benzene rings is 1. The van der Waals surface area contributed by atoms with Crippen molar-refractivity contribution in [1.82, 2.24) is 19.8 Å². The van der Waals surface area contributed by atoms with E-state index in [1.165, 1.54) is 9.36 Å². The lowest BCUT2D eigenvalue weighted by atomic mass is 10.2. The van der Waals surface area contributed by atoms with Gasteiger partial charge >= 0.3 is 5.69 Å². The molecular formula is C9H9BrN4O. The van der Waals surface area contributed by atoms with E-state index in [2.05, 4.69) is 26.4 Å². The predicted molar refractivity (Wildman–Crippen MR) is 59.0 cm³/mol. The first-order valence-electron chi connectivity index (χ1n) is 4.36. The molecule has 0 fully saturated rings. The summed E-state index contributed by atoms with van der Waals surface area (Å²) in [4.78, 5) is 11.6. The van der Waals surface area contributed by atoms with Crippen LogP contribution in [0.25, 0.3) is 5.69 Å². The third-order valence-electron chi connectivity index (χ3n) is 2.12. The quantitative estimate of drug-likeness (QED) is 0.777. The lowest BCUT2D eigenvalue weighted by molar-refractivity contribution is 0.693. The number of hydrogen-bond donors (Lipinski definition) is 0. The van der Waals surface area contributed by atoms with E-state index >= 15 is 0 Å². The molecule has 0 unspecified atom stereocenters. The van der Waals surface area contributed by atoms with Crippen molar-refractivity contribution >= 4 is 15.9 Å². The van der Waals surface area contributed by atoms with Crippen LogP contribution in [0.4, 0.5) is 0 Å². The number of aryl methyl sites for hydroxylation is 2. The van der Waals surface area contributed by atoms with Crippen LogP contribution in [0.2, 0.25) is 0 Å². The van der Waals surface area contributed by atoms with Gasteiger partial charge in [-0.15, -0.1) is 0 Å². The Labute approximate surface area is 94.4 Å². The molecule has 0 spiro atoms. The van der Waals surface area contributed by atoms with Crippen LogP contribution in [0.3, 0.4) is 0 Å². The van der Waals surface area contributed by atoms with Gasteiger partial charge in [0.15, 0.2) is 0 Å². The Morgan fingerprint density at radius 3 is 2.67 bits per heavy atom. The SMILES string of the molecule is Cc1cccc(-n2nnn(C)c2=O)c1Br. The first-order valence-corrected chi connectivity index (χ1v) is 5.15. The molecule has 0 amide bonds. The Bertz CT molecular complexity index is 557. The Balaban J connectivity index is 2.70. The van der Waals surface area contributed by atoms with E-state index in [9.17, 15) is 4.79 Å². The van der Waals surface area contributed by atoms with Crippen molar-refractivity contribution in [3.8, 4) is 5.69 Å². The van der Waals surface area contributed by atoms with Crippen LogP contribution in [0.1, 0.15) is 5.56 Å². The minimum Gasteiger partial charge on any atom is -0.244 e. The van der Waals surface area contributed by atoms with Crippen molar-refractivity contribution in [2.75, 3.05) is 0 Å². The first kappa shape index (κ1) is 10.1. The number of aromatic nitrogens is 4. The second-order valence-electron chi connectivity index (χ2n) is 3.20. The van der Waals surface area contributed by atoms with Gasteiger partial charge in [-0.05, 0) is 44.9 Å². The van der Waals surface area contributed by atoms with Crippen LogP contribution in [-0.2, 0) is 7.05 Å². The van der Waals surface area contributed by atoms with Crippen molar-refractivity contribution in [1.29, 1.82) is 0 Å². The van der Waals surface area contributed by atoms with Gasteiger partial charge in [-0.1, -0.05) is 12.1 Å². The summed E-state index contributed by atoms with van der Waals surface area (Å²) >= 11 is 3.42. The number of tetrazole rings is 1. The normalized spacial score (nSPS) is 10.6. The Morgan fingerprint density at radius 1 is 1.33 bits per heavy atom. The van der Waals surface area contributed by atoms with Gasteiger partial charge in [-0.25, -0.2) is 4.79 Å². The Hall–Kier alpha value is -1.43. The number of rotatable bonds is 1. The number of hydrogen-bond acceptors (Lipinski definition) is 3. The van der Waals surface area contributed by atoms with Crippen molar-refractivity contribution in [3.05, 3.63) is 38.7 Å². The fraction of sp³-hybridized carbons (Fsp3) is 0.222. The molecule has 0 bridgehead atoms. The summed E-state index contributed by atoms with van der Waals surface area (Å²) in [6.45, 7) is 1.95. The van der Waals surface area contributed by atoms with Gasteiger partial charge in [0.2, 0.25) is 0 Å². The highest BCUT2D eigenvalue weighted by Crippen LogP contribution is 2.22. The fourth-order valence-corrected chi connectivity index (χ4v) is 1.69. The summed E-state index contributed by atoms with van der Waals surface area (Å²) in [5.41, 5.74) is 1.49. The molecule has 2 rings (SSSR count). The highest BCUT2D eigenvalue weighted by atomic mass is 79.9. The fourth-order valence-electron chi connectivity index (χ4n) is 1.26. The van der Waals surface area contributed by atoms with Crippen LogP contribution in [0.5, 0.6) is 0 Å². The lowest BCUT2D eigenvalue weighted by Crippen LogP contribution is -2.22. The molecule has 6 heteroatoms. The van der Waals surface area contributed by atoms with E-state index in [-0.39, 0.29) is 5.69 Å². The van der Waals surface area contributed by atoms with E-state index in [1.54, 1.807) is 7.05 Å². The third kappa shape index (κ3) is 1.61. The van der Waals surface area contributed by atoms with Crippen LogP contribution >= 0.6 is 15.9 Å². The monoisotopic (exact) mass is 268 g/mol. The first-order chi connectivity index (χ1) is 7.11. The zero-order chi connectivity index (χ0) is 11.0. The van der Waals surface area contributed by atoms with Gasteiger partial charge in [0.25, 0.3) is 0 Å². The molecule has 78 valence electrons. The highest BCUT2D eigenvalue weighted by molar-refractivity contribution is 9.10. The molecule has 0 saturated heterocycles. The largest absolute Gasteiger partial charge is 0.368 e. The van der Waals surface area contributed by atoms with Crippen LogP contribution in [-0.4, -0.2) is 19.8 Å². The molecule has 0 atom stereocenters. The van der Waals surface area contributed by atoms with Gasteiger partial charge < -0.3 is 0 Å². The van der Waals surface area contributed by atoms with Crippen LogP contribution < -0.4 is 5.69 Å². The predicted octanol–water partition coefficient (Wildman–Crippen LogP) is 1.04. The molecule has 0 aliphatic carbocycles. The van der Waals surface area contributed by atoms with E-state index in [4.69, 9.17) is 0 Å². The summed E-state index contributed by atoms with van der Waals surface area (Å²) in [6.07, 6.45) is 0. The van der Waals surface area contributed by atoms with Crippen molar-refractivity contribution < 1.29 is 0 Å². The lowest BCUT2D eigenvalue weighted by Gasteiger charge is -2.03. The second kappa shape index (κ2) is 3.62. The van der Waals surface area contributed by atoms with Gasteiger partial charge in [0, 0.05) is 11.5 Å². The molecule has 1 aromatic carbocycles. The average molecular weight is 269 g/mol. The van der Waals surface area contributed by atoms with E-state index < -0.39 is 0 Å². The molecule has 0 radical (unpaired) electrons. The molecule has 0 saturated carbocycles. The smallest absolute Gasteiger partial charge is 0.244 e. The van der Waals surface area contributed by atoms with Gasteiger partial charge in [-0.3, -0.25) is 0 Å². The van der Waals surface area contributed by atoms with Crippen LogP contribution in [0, 0.1) is 6.92 Å². The number of halogens is 1. The van der Waals surface area contributed by atoms with Gasteiger partial charge in [0.05, 0.1) is 5.69 Å². The summed E-state index contributed by atoms with van der Waals surface area (Å²) in [7, 11) is 1.57. The summed E-state index contributed by atoms with van der Waals surface area (Å²) in [6, 6.07) is 5.64. The third-order valence-corrected chi connectivity index (χ3v) is 3.15. The minimum atomic E-state index is -0.263. The zero-order valence-electron chi connectivity index (χ0n) is 8.31. The van der Waals surface area contributed by atoms with Gasteiger partial charge in [0.1, 0.15) is 0 Å². The molecule has 0 aliphatic rings. The maximum atomic E-state index is 11.6. The molecular weight excluding hydrogens is 260 g/mol. The average Bonchev–Trinajstić information content (AvgIpc) is 2.53. The maximum Gasteiger partial charge on any atom is 0.368 e. The number of nitrogens with zero attached hydrogens (tertiary/aromatic N) is 4. The van der Waals surface area contributed by atoms with E-state index in [0.29, 0.717) is 5.69 Å². The highest BCUT2D eigenvalue weighted by Gasteiger charge is 2.10. The van der Waals surface area contributed by atoms with Crippen LogP contribution in [0.15, 0.2) is 27.5 Å². The van der Waals surface area contributed by atoms with E-state index in [0.717, 1.165) is 10.0 Å². The van der Waals surface area contributed by atoms with Gasteiger partial charge in [-0.2, -0.15) is 9.36 Å². The molecule has 15 heavy (non-hydrogen) atoms. The standard InChI is InChI=1S/C9H9BrN4O/c1-6-4-3-5-7(8(6)10)14-9(15)13(2)11-12-14/h3-5H,1-2H3. The summed E-state index contributed by atoms with van der Waals surface area (Å²) < 4.78 is 3.30. The summed E-state index contributed by atoms with van der Waals surface area (Å²) in [5.74, 6) is 0. The topological polar surface area (TPSA) is 52.7 Å². The molecule has 5 nitrogen and oxygen atoms in total. The minimum absolute atomic E-state index is 0.263. The zero-order valence-corrected chi connectivity index (χ0v) is 9.89. The Morgan fingerprint density at radius 2 is 2.07 bits per heavy atom. The molecule has 0 N–H and O–H groups in total. The molecule has 1 aromatic heterocycles. The van der Waals surface area contributed by atoms with Crippen molar-refractivity contribution in [3.63, 3.8) is 0 Å².